The van der Waals surface area contributed by atoms with E-state index in [0.717, 1.165) is 11.0 Å². The van der Waals surface area contributed by atoms with Crippen molar-refractivity contribution in [2.75, 3.05) is 0 Å². The predicted molar refractivity (Wildman–Crippen MR) is 79.3 cm³/mol. The first-order chi connectivity index (χ1) is 10.2. The van der Waals surface area contributed by atoms with Gasteiger partial charge in [0.05, 0.1) is 16.6 Å². The van der Waals surface area contributed by atoms with Gasteiger partial charge in [-0.2, -0.15) is 5.26 Å². The van der Waals surface area contributed by atoms with Crippen molar-refractivity contribution in [2.24, 2.45) is 0 Å². The maximum atomic E-state index is 9.49. The molecule has 0 fully saturated rings. The highest BCUT2D eigenvalue weighted by molar-refractivity contribution is 5.90. The number of para-hydroxylation sites is 2. The normalized spacial score (nSPS) is 11.5. The lowest BCUT2D eigenvalue weighted by Crippen LogP contribution is -1.85. The van der Waals surface area contributed by atoms with Crippen molar-refractivity contribution in [1.82, 2.24) is 9.97 Å². The Balaban J connectivity index is 2.06. The van der Waals surface area contributed by atoms with E-state index in [2.05, 4.69) is 16.0 Å². The molecular weight excluding hydrogens is 266 g/mol. The third-order valence-electron chi connectivity index (χ3n) is 3.08. The van der Waals surface area contributed by atoms with Crippen molar-refractivity contribution in [2.45, 2.75) is 0 Å². The number of aromatic amines is 1. The SMILES string of the molecule is N#C/C(=C\c1ccc(O)c(O)c1)c1nc2ccccc2[nH]1. The minimum absolute atomic E-state index is 0.200. The third kappa shape index (κ3) is 2.42. The number of rotatable bonds is 2. The van der Waals surface area contributed by atoms with Gasteiger partial charge < -0.3 is 15.2 Å². The van der Waals surface area contributed by atoms with Crippen LogP contribution >= 0.6 is 0 Å². The fraction of sp³-hybridized carbons (Fsp3) is 0. The lowest BCUT2D eigenvalue weighted by atomic mass is 10.1. The zero-order chi connectivity index (χ0) is 14.8. The molecule has 0 saturated heterocycles. The Labute approximate surface area is 120 Å². The Morgan fingerprint density at radius 3 is 2.67 bits per heavy atom. The molecule has 0 amide bonds. The number of imidazole rings is 1. The molecule has 3 rings (SSSR count). The Morgan fingerprint density at radius 1 is 1.14 bits per heavy atom. The molecule has 0 radical (unpaired) electrons. The molecule has 0 atom stereocenters. The molecule has 0 spiro atoms. The molecule has 0 aliphatic heterocycles. The van der Waals surface area contributed by atoms with Crippen molar-refractivity contribution < 1.29 is 10.2 Å². The smallest absolute Gasteiger partial charge is 0.157 e. The molecule has 0 bridgehead atoms. The Morgan fingerprint density at radius 2 is 1.95 bits per heavy atom. The first kappa shape index (κ1) is 12.8. The molecule has 0 unspecified atom stereocenters. The average molecular weight is 277 g/mol. The molecule has 21 heavy (non-hydrogen) atoms. The summed E-state index contributed by atoms with van der Waals surface area (Å²) in [4.78, 5) is 7.44. The van der Waals surface area contributed by atoms with Gasteiger partial charge in [-0.25, -0.2) is 4.98 Å². The molecule has 0 aliphatic rings. The molecular formula is C16H11N3O2. The molecule has 0 aliphatic carbocycles. The molecule has 102 valence electrons. The molecule has 3 N–H and O–H groups in total. The van der Waals surface area contributed by atoms with Gasteiger partial charge in [-0.15, -0.1) is 0 Å². The summed E-state index contributed by atoms with van der Waals surface area (Å²) in [5, 5.41) is 28.1. The van der Waals surface area contributed by atoms with Crippen LogP contribution in [0.5, 0.6) is 11.5 Å². The standard InChI is InChI=1S/C16H11N3O2/c17-9-11(7-10-5-6-14(20)15(21)8-10)16-18-12-3-1-2-4-13(12)19-16/h1-8,20-21H,(H,18,19)/b11-7+. The number of H-pyrrole nitrogens is 1. The second kappa shape index (κ2) is 5.02. The van der Waals surface area contributed by atoms with E-state index in [1.54, 1.807) is 12.1 Å². The molecule has 1 aromatic heterocycles. The summed E-state index contributed by atoms with van der Waals surface area (Å²) in [7, 11) is 0. The van der Waals surface area contributed by atoms with Crippen LogP contribution in [0, 0.1) is 11.3 Å². The van der Waals surface area contributed by atoms with Crippen molar-refractivity contribution in [3.05, 3.63) is 53.9 Å². The first-order valence-electron chi connectivity index (χ1n) is 6.26. The zero-order valence-electron chi connectivity index (χ0n) is 10.9. The van der Waals surface area contributed by atoms with Gasteiger partial charge in [-0.3, -0.25) is 0 Å². The lowest BCUT2D eigenvalue weighted by Gasteiger charge is -1.99. The van der Waals surface area contributed by atoms with E-state index < -0.39 is 0 Å². The maximum Gasteiger partial charge on any atom is 0.157 e. The van der Waals surface area contributed by atoms with Crippen LogP contribution in [0.15, 0.2) is 42.5 Å². The van der Waals surface area contributed by atoms with E-state index in [0.29, 0.717) is 17.0 Å². The first-order valence-corrected chi connectivity index (χ1v) is 6.26. The zero-order valence-corrected chi connectivity index (χ0v) is 10.9. The number of nitrogens with zero attached hydrogens (tertiary/aromatic N) is 2. The van der Waals surface area contributed by atoms with Gasteiger partial charge in [0, 0.05) is 0 Å². The number of allylic oxidation sites excluding steroid dienone is 1. The number of phenolic OH excluding ortho intramolecular Hbond substituents is 2. The number of nitrogens with one attached hydrogen (secondary N) is 1. The van der Waals surface area contributed by atoms with Crippen LogP contribution in [0.2, 0.25) is 0 Å². The summed E-state index contributed by atoms with van der Waals surface area (Å²) in [5.74, 6) is 0.0336. The summed E-state index contributed by atoms with van der Waals surface area (Å²) in [5.41, 5.74) is 2.57. The minimum atomic E-state index is -0.231. The van der Waals surface area contributed by atoms with E-state index >= 15 is 0 Å². The summed E-state index contributed by atoms with van der Waals surface area (Å²) in [6.45, 7) is 0. The van der Waals surface area contributed by atoms with Gasteiger partial charge >= 0.3 is 0 Å². The number of nitriles is 1. The predicted octanol–water partition coefficient (Wildman–Crippen LogP) is 3.04. The van der Waals surface area contributed by atoms with Gasteiger partial charge in [-0.05, 0) is 35.9 Å². The van der Waals surface area contributed by atoms with E-state index in [1.807, 2.05) is 24.3 Å². The number of aromatic hydroxyl groups is 2. The second-order valence-corrected chi connectivity index (χ2v) is 4.52. The molecule has 5 heteroatoms. The lowest BCUT2D eigenvalue weighted by molar-refractivity contribution is 0.403. The highest BCUT2D eigenvalue weighted by Gasteiger charge is 2.08. The molecule has 0 saturated carbocycles. The molecule has 3 aromatic rings. The largest absolute Gasteiger partial charge is 0.504 e. The maximum absolute atomic E-state index is 9.49. The number of fused-ring (bicyclic) bond motifs is 1. The average Bonchev–Trinajstić information content (AvgIpc) is 2.92. The number of hydrogen-bond donors (Lipinski definition) is 3. The third-order valence-corrected chi connectivity index (χ3v) is 3.08. The van der Waals surface area contributed by atoms with Crippen LogP contribution in [-0.4, -0.2) is 20.2 Å². The van der Waals surface area contributed by atoms with Gasteiger partial charge in [0.2, 0.25) is 0 Å². The summed E-state index contributed by atoms with van der Waals surface area (Å²) in [6.07, 6.45) is 1.59. The quantitative estimate of drug-likeness (QED) is 0.496. The summed E-state index contributed by atoms with van der Waals surface area (Å²) in [6, 6.07) is 13.9. The van der Waals surface area contributed by atoms with E-state index in [9.17, 15) is 15.5 Å². The van der Waals surface area contributed by atoms with Crippen LogP contribution in [0.1, 0.15) is 11.4 Å². The monoisotopic (exact) mass is 277 g/mol. The van der Waals surface area contributed by atoms with Crippen LogP contribution in [-0.2, 0) is 0 Å². The fourth-order valence-electron chi connectivity index (χ4n) is 2.03. The van der Waals surface area contributed by atoms with Crippen LogP contribution < -0.4 is 0 Å². The van der Waals surface area contributed by atoms with E-state index in [4.69, 9.17) is 0 Å². The Hall–Kier alpha value is -3.26. The molecule has 5 nitrogen and oxygen atoms in total. The van der Waals surface area contributed by atoms with Crippen LogP contribution in [0.4, 0.5) is 0 Å². The Kier molecular flexibility index (Phi) is 3.05. The number of aromatic nitrogens is 2. The van der Waals surface area contributed by atoms with Gasteiger partial charge in [0.15, 0.2) is 11.5 Å². The number of hydrogen-bond acceptors (Lipinski definition) is 4. The van der Waals surface area contributed by atoms with Crippen molar-refractivity contribution in [1.29, 1.82) is 5.26 Å². The highest BCUT2D eigenvalue weighted by atomic mass is 16.3. The van der Waals surface area contributed by atoms with Crippen LogP contribution in [0.3, 0.4) is 0 Å². The van der Waals surface area contributed by atoms with Gasteiger partial charge in [0.1, 0.15) is 11.9 Å². The fourth-order valence-corrected chi connectivity index (χ4v) is 2.03. The Bertz CT molecular complexity index is 855. The van der Waals surface area contributed by atoms with E-state index in [1.165, 1.54) is 12.1 Å². The minimum Gasteiger partial charge on any atom is -0.504 e. The topological polar surface area (TPSA) is 92.9 Å². The number of benzene rings is 2. The van der Waals surface area contributed by atoms with Crippen molar-refractivity contribution in [3.63, 3.8) is 0 Å². The summed E-state index contributed by atoms with van der Waals surface area (Å²) < 4.78 is 0. The van der Waals surface area contributed by atoms with Gasteiger partial charge in [0.25, 0.3) is 0 Å². The van der Waals surface area contributed by atoms with Crippen molar-refractivity contribution in [3.8, 4) is 17.6 Å². The molecule has 2 aromatic carbocycles. The van der Waals surface area contributed by atoms with E-state index in [-0.39, 0.29) is 11.5 Å². The molecule has 1 heterocycles. The highest BCUT2D eigenvalue weighted by Crippen LogP contribution is 2.27. The van der Waals surface area contributed by atoms with Gasteiger partial charge in [-0.1, -0.05) is 18.2 Å². The second-order valence-electron chi connectivity index (χ2n) is 4.52. The number of phenols is 2. The van der Waals surface area contributed by atoms with Crippen LogP contribution in [0.25, 0.3) is 22.7 Å². The van der Waals surface area contributed by atoms with Crippen molar-refractivity contribution >= 4 is 22.7 Å². The summed E-state index contributed by atoms with van der Waals surface area (Å²) >= 11 is 0.